The first-order valence-corrected chi connectivity index (χ1v) is 7.87. The van der Waals surface area contributed by atoms with Crippen molar-refractivity contribution in [2.45, 2.75) is 13.5 Å². The van der Waals surface area contributed by atoms with Gasteiger partial charge >= 0.3 is 0 Å². The van der Waals surface area contributed by atoms with Gasteiger partial charge in [-0.3, -0.25) is 4.79 Å². The number of hydrogen-bond donors (Lipinski definition) is 1. The molecule has 126 valence electrons. The number of nitrogens with one attached hydrogen (secondary N) is 1. The van der Waals surface area contributed by atoms with E-state index in [4.69, 9.17) is 9.47 Å². The molecular formula is C18H16N4O3. The number of nitrogens with zero attached hydrogens (tertiary/aromatic N) is 3. The predicted octanol–water partition coefficient (Wildman–Crippen LogP) is 2.23. The maximum Gasteiger partial charge on any atom is 0.274 e. The zero-order chi connectivity index (χ0) is 17.2. The molecular weight excluding hydrogens is 320 g/mol. The molecule has 1 N–H and O–H groups in total. The highest BCUT2D eigenvalue weighted by atomic mass is 16.7. The van der Waals surface area contributed by atoms with Gasteiger partial charge in [0, 0.05) is 6.54 Å². The van der Waals surface area contributed by atoms with E-state index < -0.39 is 0 Å². The molecule has 25 heavy (non-hydrogen) atoms. The standard InChI is InChI=1S/C18H16N4O3/c1-12-17(21-22(20-12)14-5-3-2-4-6-14)18(23)19-10-13-7-8-15-16(9-13)25-11-24-15/h2-9H,10-11H2,1H3,(H,19,23). The number of aromatic nitrogens is 3. The van der Waals surface area contributed by atoms with Crippen LogP contribution in [0.25, 0.3) is 5.69 Å². The normalized spacial score (nSPS) is 12.2. The van der Waals surface area contributed by atoms with Crippen molar-refractivity contribution in [1.82, 2.24) is 20.3 Å². The lowest BCUT2D eigenvalue weighted by Gasteiger charge is -2.05. The number of carbonyl (C=O) groups excluding carboxylic acids is 1. The number of para-hydroxylation sites is 1. The fourth-order valence-corrected chi connectivity index (χ4v) is 2.58. The number of carbonyl (C=O) groups is 1. The largest absolute Gasteiger partial charge is 0.454 e. The van der Waals surface area contributed by atoms with Gasteiger partial charge in [0.25, 0.3) is 5.91 Å². The molecule has 1 aliphatic rings. The number of aryl methyl sites for hydroxylation is 1. The minimum Gasteiger partial charge on any atom is -0.454 e. The second kappa shape index (κ2) is 6.27. The van der Waals surface area contributed by atoms with Gasteiger partial charge in [-0.2, -0.15) is 9.90 Å². The van der Waals surface area contributed by atoms with Gasteiger partial charge in [-0.05, 0) is 36.8 Å². The quantitative estimate of drug-likeness (QED) is 0.790. The van der Waals surface area contributed by atoms with Gasteiger partial charge in [-0.15, -0.1) is 5.10 Å². The van der Waals surface area contributed by atoms with E-state index in [1.807, 2.05) is 48.5 Å². The maximum atomic E-state index is 12.4. The molecule has 0 fully saturated rings. The van der Waals surface area contributed by atoms with Crippen molar-refractivity contribution in [1.29, 1.82) is 0 Å². The summed E-state index contributed by atoms with van der Waals surface area (Å²) in [4.78, 5) is 13.9. The summed E-state index contributed by atoms with van der Waals surface area (Å²) in [5.74, 6) is 1.15. The van der Waals surface area contributed by atoms with E-state index in [1.54, 1.807) is 6.92 Å². The Labute approximate surface area is 144 Å². The summed E-state index contributed by atoms with van der Waals surface area (Å²) in [7, 11) is 0. The zero-order valence-corrected chi connectivity index (χ0v) is 13.6. The molecule has 0 unspecified atom stereocenters. The van der Waals surface area contributed by atoms with Crippen molar-refractivity contribution in [2.24, 2.45) is 0 Å². The molecule has 1 aliphatic heterocycles. The average Bonchev–Trinajstić information content (AvgIpc) is 3.26. The van der Waals surface area contributed by atoms with E-state index in [0.717, 1.165) is 17.0 Å². The Morgan fingerprint density at radius 2 is 1.92 bits per heavy atom. The van der Waals surface area contributed by atoms with Gasteiger partial charge in [0.15, 0.2) is 17.2 Å². The first kappa shape index (κ1) is 15.2. The van der Waals surface area contributed by atoms with Crippen LogP contribution in [0.15, 0.2) is 48.5 Å². The van der Waals surface area contributed by atoms with Crippen LogP contribution in [0.4, 0.5) is 0 Å². The molecule has 0 radical (unpaired) electrons. The molecule has 0 bridgehead atoms. The number of ether oxygens (including phenoxy) is 2. The van der Waals surface area contributed by atoms with Gasteiger partial charge in [0.05, 0.1) is 11.4 Å². The van der Waals surface area contributed by atoms with Crippen molar-refractivity contribution >= 4 is 5.91 Å². The molecule has 0 saturated heterocycles. The van der Waals surface area contributed by atoms with Crippen molar-refractivity contribution in [3.05, 3.63) is 65.5 Å². The van der Waals surface area contributed by atoms with Crippen LogP contribution in [0.1, 0.15) is 21.7 Å². The monoisotopic (exact) mass is 336 g/mol. The van der Waals surface area contributed by atoms with Crippen LogP contribution in [0.5, 0.6) is 11.5 Å². The van der Waals surface area contributed by atoms with Gasteiger partial charge < -0.3 is 14.8 Å². The van der Waals surface area contributed by atoms with E-state index in [2.05, 4.69) is 15.5 Å². The molecule has 4 rings (SSSR count). The van der Waals surface area contributed by atoms with Crippen LogP contribution in [0.3, 0.4) is 0 Å². The second-order valence-corrected chi connectivity index (χ2v) is 5.63. The van der Waals surface area contributed by atoms with Crippen molar-refractivity contribution in [2.75, 3.05) is 6.79 Å². The third kappa shape index (κ3) is 3.03. The molecule has 0 saturated carbocycles. The number of hydrogen-bond acceptors (Lipinski definition) is 5. The summed E-state index contributed by atoms with van der Waals surface area (Å²) in [6, 6.07) is 15.1. The van der Waals surface area contributed by atoms with Gasteiger partial charge in [-0.1, -0.05) is 24.3 Å². The number of amides is 1. The molecule has 0 atom stereocenters. The van der Waals surface area contributed by atoms with E-state index >= 15 is 0 Å². The van der Waals surface area contributed by atoms with Crippen molar-refractivity contribution in [3.63, 3.8) is 0 Å². The third-order valence-corrected chi connectivity index (χ3v) is 3.87. The molecule has 7 nitrogen and oxygen atoms in total. The Morgan fingerprint density at radius 1 is 1.12 bits per heavy atom. The summed E-state index contributed by atoms with van der Waals surface area (Å²) < 4.78 is 10.6. The molecule has 3 aromatic rings. The van der Waals surface area contributed by atoms with Gasteiger partial charge in [-0.25, -0.2) is 0 Å². The van der Waals surface area contributed by atoms with Gasteiger partial charge in [0.2, 0.25) is 6.79 Å². The molecule has 1 aromatic heterocycles. The van der Waals surface area contributed by atoms with E-state index in [9.17, 15) is 4.79 Å². The van der Waals surface area contributed by atoms with Crippen LogP contribution in [0, 0.1) is 6.92 Å². The summed E-state index contributed by atoms with van der Waals surface area (Å²) in [5.41, 5.74) is 2.61. The first-order chi connectivity index (χ1) is 12.2. The Balaban J connectivity index is 1.47. The average molecular weight is 336 g/mol. The lowest BCUT2D eigenvalue weighted by Crippen LogP contribution is -2.24. The number of fused-ring (bicyclic) bond motifs is 1. The summed E-state index contributed by atoms with van der Waals surface area (Å²) >= 11 is 0. The molecule has 0 spiro atoms. The smallest absolute Gasteiger partial charge is 0.274 e. The molecule has 2 heterocycles. The minimum absolute atomic E-state index is 0.229. The predicted molar refractivity (Wildman–Crippen MR) is 89.8 cm³/mol. The summed E-state index contributed by atoms with van der Waals surface area (Å²) in [6.45, 7) is 2.36. The molecule has 7 heteroatoms. The highest BCUT2D eigenvalue weighted by molar-refractivity contribution is 5.93. The molecule has 1 amide bonds. The Kier molecular flexibility index (Phi) is 3.81. The first-order valence-electron chi connectivity index (χ1n) is 7.87. The summed E-state index contributed by atoms with van der Waals surface area (Å²) in [6.07, 6.45) is 0. The van der Waals surface area contributed by atoms with Crippen LogP contribution in [0.2, 0.25) is 0 Å². The lowest BCUT2D eigenvalue weighted by atomic mass is 10.2. The van der Waals surface area contributed by atoms with E-state index in [-0.39, 0.29) is 12.7 Å². The highest BCUT2D eigenvalue weighted by Gasteiger charge is 2.17. The number of rotatable bonds is 4. The highest BCUT2D eigenvalue weighted by Crippen LogP contribution is 2.32. The van der Waals surface area contributed by atoms with Crippen LogP contribution < -0.4 is 14.8 Å². The topological polar surface area (TPSA) is 78.3 Å². The Morgan fingerprint density at radius 3 is 2.76 bits per heavy atom. The van der Waals surface area contributed by atoms with E-state index in [1.165, 1.54) is 4.80 Å². The van der Waals surface area contributed by atoms with Gasteiger partial charge in [0.1, 0.15) is 0 Å². The fourth-order valence-electron chi connectivity index (χ4n) is 2.58. The van der Waals surface area contributed by atoms with Crippen LogP contribution in [-0.4, -0.2) is 27.7 Å². The second-order valence-electron chi connectivity index (χ2n) is 5.63. The number of benzene rings is 2. The van der Waals surface area contributed by atoms with E-state index in [0.29, 0.717) is 23.7 Å². The third-order valence-electron chi connectivity index (χ3n) is 3.87. The van der Waals surface area contributed by atoms with Crippen LogP contribution >= 0.6 is 0 Å². The maximum absolute atomic E-state index is 12.4. The van der Waals surface area contributed by atoms with Crippen molar-refractivity contribution < 1.29 is 14.3 Å². The zero-order valence-electron chi connectivity index (χ0n) is 13.6. The SMILES string of the molecule is Cc1nn(-c2ccccc2)nc1C(=O)NCc1ccc2c(c1)OCO2. The molecule has 0 aliphatic carbocycles. The minimum atomic E-state index is -0.266. The van der Waals surface area contributed by atoms with Crippen LogP contribution in [-0.2, 0) is 6.54 Å². The summed E-state index contributed by atoms with van der Waals surface area (Å²) in [5, 5.41) is 11.5. The Hall–Kier alpha value is -3.35. The van der Waals surface area contributed by atoms with Crippen molar-refractivity contribution in [3.8, 4) is 17.2 Å². The molecule has 2 aromatic carbocycles. The Bertz CT molecular complexity index is 921. The lowest BCUT2D eigenvalue weighted by molar-refractivity contribution is 0.0945. The fraction of sp³-hybridized carbons (Fsp3) is 0.167.